The molecule has 1 unspecified atom stereocenters. The summed E-state index contributed by atoms with van der Waals surface area (Å²) in [5.41, 5.74) is 0.651. The number of halogens is 2. The fourth-order valence-corrected chi connectivity index (χ4v) is 2.82. The third kappa shape index (κ3) is 3.88. The normalized spacial score (nSPS) is 11.9. The van der Waals surface area contributed by atoms with Gasteiger partial charge in [-0.15, -0.1) is 11.3 Å². The number of nitrogens with one attached hydrogen (secondary N) is 2. The summed E-state index contributed by atoms with van der Waals surface area (Å²) < 4.78 is 0. The molecule has 0 aliphatic rings. The van der Waals surface area contributed by atoms with E-state index in [1.807, 2.05) is 24.4 Å². The molecule has 0 saturated carbocycles. The van der Waals surface area contributed by atoms with E-state index in [2.05, 4.69) is 10.6 Å². The van der Waals surface area contributed by atoms with Gasteiger partial charge in [0.15, 0.2) is 0 Å². The van der Waals surface area contributed by atoms with Gasteiger partial charge in [-0.3, -0.25) is 4.79 Å². The average Bonchev–Trinajstić information content (AvgIpc) is 2.94. The van der Waals surface area contributed by atoms with E-state index in [0.29, 0.717) is 15.7 Å². The van der Waals surface area contributed by atoms with Gasteiger partial charge >= 0.3 is 0 Å². The summed E-state index contributed by atoms with van der Waals surface area (Å²) in [6, 6.07) is 9.23. The maximum atomic E-state index is 11.9. The summed E-state index contributed by atoms with van der Waals surface area (Å²) >= 11 is 13.6. The molecule has 1 atom stereocenters. The lowest BCUT2D eigenvalue weighted by molar-refractivity contribution is -0.120. The van der Waals surface area contributed by atoms with Crippen LogP contribution in [0.5, 0.6) is 0 Å². The molecule has 1 amide bonds. The summed E-state index contributed by atoms with van der Waals surface area (Å²) in [7, 11) is 0. The van der Waals surface area contributed by atoms with Crippen molar-refractivity contribution in [3.05, 3.63) is 50.6 Å². The number of amides is 1. The van der Waals surface area contributed by atoms with E-state index in [0.717, 1.165) is 4.88 Å². The summed E-state index contributed by atoms with van der Waals surface area (Å²) in [5, 5.41) is 8.77. The Balaban J connectivity index is 1.88. The monoisotopic (exact) mass is 328 g/mol. The Morgan fingerprint density at radius 3 is 2.80 bits per heavy atom. The molecule has 20 heavy (non-hydrogen) atoms. The highest BCUT2D eigenvalue weighted by Gasteiger charge is 2.11. The zero-order chi connectivity index (χ0) is 14.5. The number of carbonyl (C=O) groups excluding carboxylic acids is 1. The lowest BCUT2D eigenvalue weighted by atomic mass is 10.2. The van der Waals surface area contributed by atoms with Crippen LogP contribution in [0.1, 0.15) is 17.8 Å². The quantitative estimate of drug-likeness (QED) is 0.856. The second-order valence-electron chi connectivity index (χ2n) is 4.26. The molecule has 1 aromatic carbocycles. The molecule has 0 fully saturated rings. The van der Waals surface area contributed by atoms with Gasteiger partial charge in [0.1, 0.15) is 0 Å². The van der Waals surface area contributed by atoms with Gasteiger partial charge in [0.05, 0.1) is 28.3 Å². The Kier molecular flexibility index (Phi) is 5.29. The van der Waals surface area contributed by atoms with Crippen molar-refractivity contribution in [1.82, 2.24) is 5.32 Å². The second-order valence-corrected chi connectivity index (χ2v) is 6.02. The zero-order valence-electron chi connectivity index (χ0n) is 10.8. The van der Waals surface area contributed by atoms with E-state index in [1.54, 1.807) is 29.5 Å². The minimum absolute atomic E-state index is 0.000803. The highest BCUT2D eigenvalue weighted by atomic mass is 35.5. The van der Waals surface area contributed by atoms with Crippen LogP contribution in [0.15, 0.2) is 35.7 Å². The van der Waals surface area contributed by atoms with Gasteiger partial charge in [-0.25, -0.2) is 0 Å². The first kappa shape index (κ1) is 15.2. The minimum atomic E-state index is -0.0954. The minimum Gasteiger partial charge on any atom is -0.375 e. The molecule has 1 heterocycles. The van der Waals surface area contributed by atoms with Gasteiger partial charge in [-0.1, -0.05) is 35.3 Å². The number of thiophene rings is 1. The van der Waals surface area contributed by atoms with E-state index >= 15 is 0 Å². The van der Waals surface area contributed by atoms with E-state index in [9.17, 15) is 4.79 Å². The topological polar surface area (TPSA) is 41.1 Å². The number of hydrogen-bond acceptors (Lipinski definition) is 3. The van der Waals surface area contributed by atoms with Gasteiger partial charge in [0.25, 0.3) is 0 Å². The Morgan fingerprint density at radius 1 is 1.30 bits per heavy atom. The van der Waals surface area contributed by atoms with Crippen LogP contribution in [-0.4, -0.2) is 12.5 Å². The largest absolute Gasteiger partial charge is 0.375 e. The summed E-state index contributed by atoms with van der Waals surface area (Å²) in [6.07, 6.45) is 0. The highest BCUT2D eigenvalue weighted by molar-refractivity contribution is 7.10. The molecule has 6 heteroatoms. The predicted molar refractivity (Wildman–Crippen MR) is 85.8 cm³/mol. The zero-order valence-corrected chi connectivity index (χ0v) is 13.1. The van der Waals surface area contributed by atoms with Crippen molar-refractivity contribution in [3.8, 4) is 0 Å². The van der Waals surface area contributed by atoms with Crippen LogP contribution in [0.4, 0.5) is 5.69 Å². The van der Waals surface area contributed by atoms with E-state index in [1.165, 1.54) is 0 Å². The van der Waals surface area contributed by atoms with Crippen LogP contribution in [0.3, 0.4) is 0 Å². The molecule has 2 aromatic rings. The number of rotatable bonds is 5. The van der Waals surface area contributed by atoms with E-state index < -0.39 is 0 Å². The Hall–Kier alpha value is -1.23. The van der Waals surface area contributed by atoms with Crippen LogP contribution < -0.4 is 10.6 Å². The van der Waals surface area contributed by atoms with Crippen LogP contribution in [0.2, 0.25) is 10.0 Å². The molecule has 0 aliphatic heterocycles. The summed E-state index contributed by atoms with van der Waals surface area (Å²) in [4.78, 5) is 13.0. The van der Waals surface area contributed by atoms with Crippen molar-refractivity contribution >= 4 is 46.1 Å². The van der Waals surface area contributed by atoms with Crippen LogP contribution in [0, 0.1) is 0 Å². The predicted octanol–water partition coefficient (Wildman–Crippen LogP) is 4.34. The fourth-order valence-electron chi connectivity index (χ4n) is 1.72. The first-order valence-corrected chi connectivity index (χ1v) is 7.72. The van der Waals surface area contributed by atoms with Gasteiger partial charge in [-0.2, -0.15) is 0 Å². The number of carbonyl (C=O) groups is 1. The molecule has 0 spiro atoms. The second kappa shape index (κ2) is 6.97. The molecule has 2 rings (SSSR count). The Labute approximate surface area is 131 Å². The summed E-state index contributed by atoms with van der Waals surface area (Å²) in [5.74, 6) is -0.0954. The average molecular weight is 329 g/mol. The number of benzene rings is 1. The maximum Gasteiger partial charge on any atom is 0.239 e. The standard InChI is InChI=1S/C14H14Cl2N2OS/c1-9(12-6-3-7-20-12)18-13(19)8-17-11-5-2-4-10(15)14(11)16/h2-7,9,17H,8H2,1H3,(H,18,19). The van der Waals surface area contributed by atoms with Crippen molar-refractivity contribution in [2.75, 3.05) is 11.9 Å². The molecule has 0 aliphatic carbocycles. The SMILES string of the molecule is CC(NC(=O)CNc1cccc(Cl)c1Cl)c1cccs1. The highest BCUT2D eigenvalue weighted by Crippen LogP contribution is 2.29. The molecule has 0 radical (unpaired) electrons. The van der Waals surface area contributed by atoms with Gasteiger partial charge in [0.2, 0.25) is 5.91 Å². The van der Waals surface area contributed by atoms with Crippen molar-refractivity contribution in [1.29, 1.82) is 0 Å². The number of anilines is 1. The molecule has 0 bridgehead atoms. The van der Waals surface area contributed by atoms with Gasteiger partial charge in [0, 0.05) is 4.88 Å². The lowest BCUT2D eigenvalue weighted by Crippen LogP contribution is -2.31. The molecule has 2 N–H and O–H groups in total. The maximum absolute atomic E-state index is 11.9. The van der Waals surface area contributed by atoms with E-state index in [4.69, 9.17) is 23.2 Å². The first-order chi connectivity index (χ1) is 9.58. The Morgan fingerprint density at radius 2 is 2.10 bits per heavy atom. The molecule has 106 valence electrons. The molecule has 3 nitrogen and oxygen atoms in total. The van der Waals surface area contributed by atoms with Crippen LogP contribution in [-0.2, 0) is 4.79 Å². The van der Waals surface area contributed by atoms with Crippen molar-refractivity contribution in [2.24, 2.45) is 0 Å². The van der Waals surface area contributed by atoms with Crippen molar-refractivity contribution in [2.45, 2.75) is 13.0 Å². The third-order valence-electron chi connectivity index (χ3n) is 2.74. The Bertz CT molecular complexity index is 587. The molecule has 0 saturated heterocycles. The van der Waals surface area contributed by atoms with Gasteiger partial charge < -0.3 is 10.6 Å². The molecular weight excluding hydrogens is 315 g/mol. The van der Waals surface area contributed by atoms with Gasteiger partial charge in [-0.05, 0) is 30.5 Å². The lowest BCUT2D eigenvalue weighted by Gasteiger charge is -2.14. The van der Waals surface area contributed by atoms with Crippen molar-refractivity contribution < 1.29 is 4.79 Å². The molecular formula is C14H14Cl2N2OS. The number of hydrogen-bond donors (Lipinski definition) is 2. The summed E-state index contributed by atoms with van der Waals surface area (Å²) in [6.45, 7) is 2.10. The van der Waals surface area contributed by atoms with Crippen LogP contribution in [0.25, 0.3) is 0 Å². The molecule has 1 aromatic heterocycles. The van der Waals surface area contributed by atoms with Crippen molar-refractivity contribution in [3.63, 3.8) is 0 Å². The fraction of sp³-hybridized carbons (Fsp3) is 0.214. The van der Waals surface area contributed by atoms with E-state index in [-0.39, 0.29) is 18.5 Å². The smallest absolute Gasteiger partial charge is 0.239 e. The van der Waals surface area contributed by atoms with Crippen LogP contribution >= 0.6 is 34.5 Å². The third-order valence-corrected chi connectivity index (χ3v) is 4.61. The first-order valence-electron chi connectivity index (χ1n) is 6.08.